The molecule has 3 N–H and O–H groups in total. The second-order valence-electron chi connectivity index (χ2n) is 5.32. The Bertz CT molecular complexity index is 435. The van der Waals surface area contributed by atoms with Crippen molar-refractivity contribution < 1.29 is 4.74 Å². The summed E-state index contributed by atoms with van der Waals surface area (Å²) in [5.41, 5.74) is 5.70. The number of hydrogen-bond donors (Lipinski definition) is 2. The molecule has 1 aliphatic rings. The van der Waals surface area contributed by atoms with Crippen LogP contribution < -0.4 is 15.8 Å². The van der Waals surface area contributed by atoms with Gasteiger partial charge in [-0.15, -0.1) is 0 Å². The molecule has 112 valence electrons. The molecule has 1 heterocycles. The minimum Gasteiger partial charge on any atom is -0.461 e. The van der Waals surface area contributed by atoms with Gasteiger partial charge in [0, 0.05) is 11.3 Å². The monoisotopic (exact) mass is 297 g/mol. The Morgan fingerprint density at radius 1 is 1.20 bits per heavy atom. The number of nitrogens with one attached hydrogen (secondary N) is 1. The second-order valence-corrected chi connectivity index (χ2v) is 6.46. The summed E-state index contributed by atoms with van der Waals surface area (Å²) in [4.78, 5) is 12.4. The van der Waals surface area contributed by atoms with Crippen LogP contribution in [0.1, 0.15) is 39.5 Å². The van der Waals surface area contributed by atoms with Crippen LogP contribution in [0.15, 0.2) is 0 Å². The van der Waals surface area contributed by atoms with Crippen LogP contribution in [0.4, 0.5) is 11.9 Å². The highest BCUT2D eigenvalue weighted by Crippen LogP contribution is 2.28. The average molecular weight is 297 g/mol. The summed E-state index contributed by atoms with van der Waals surface area (Å²) >= 11 is 1.96. The van der Waals surface area contributed by atoms with Crippen molar-refractivity contribution in [3.8, 4) is 6.01 Å². The molecular formula is C13H23N5OS. The minimum atomic E-state index is 0.0154. The maximum absolute atomic E-state index is 5.70. The van der Waals surface area contributed by atoms with Crippen molar-refractivity contribution >= 4 is 23.7 Å². The lowest BCUT2D eigenvalue weighted by Gasteiger charge is -2.28. The van der Waals surface area contributed by atoms with Gasteiger partial charge in [0.05, 0.1) is 6.10 Å². The Morgan fingerprint density at radius 3 is 2.50 bits per heavy atom. The van der Waals surface area contributed by atoms with E-state index in [-0.39, 0.29) is 18.1 Å². The number of nitrogens with zero attached hydrogens (tertiary/aromatic N) is 3. The van der Waals surface area contributed by atoms with E-state index < -0.39 is 0 Å². The predicted octanol–water partition coefficient (Wildman–Crippen LogP) is 2.33. The smallest absolute Gasteiger partial charge is 0.323 e. The Hall–Kier alpha value is -1.24. The van der Waals surface area contributed by atoms with Crippen LogP contribution in [0.25, 0.3) is 0 Å². The Kier molecular flexibility index (Phi) is 5.28. The number of anilines is 2. The minimum absolute atomic E-state index is 0.0154. The Labute approximate surface area is 124 Å². The molecule has 1 aromatic rings. The van der Waals surface area contributed by atoms with E-state index in [2.05, 4.69) is 26.5 Å². The van der Waals surface area contributed by atoms with E-state index in [9.17, 15) is 0 Å². The maximum Gasteiger partial charge on any atom is 0.323 e. The average Bonchev–Trinajstić information content (AvgIpc) is 2.38. The SMILES string of the molecule is CSC1CCC(Nc2nc(N)nc(OC(C)C)n2)CC1. The number of nitrogen functional groups attached to an aromatic ring is 1. The van der Waals surface area contributed by atoms with Crippen molar-refractivity contribution in [2.24, 2.45) is 0 Å². The quantitative estimate of drug-likeness (QED) is 0.862. The van der Waals surface area contributed by atoms with Gasteiger partial charge in [-0.05, 0) is 45.8 Å². The molecule has 0 spiro atoms. The predicted molar refractivity (Wildman–Crippen MR) is 83.2 cm³/mol. The van der Waals surface area contributed by atoms with Gasteiger partial charge in [-0.3, -0.25) is 0 Å². The number of hydrogen-bond acceptors (Lipinski definition) is 7. The molecule has 6 nitrogen and oxygen atoms in total. The molecule has 0 amide bonds. The van der Waals surface area contributed by atoms with Gasteiger partial charge in [0.15, 0.2) is 0 Å². The molecular weight excluding hydrogens is 274 g/mol. The van der Waals surface area contributed by atoms with Gasteiger partial charge in [-0.2, -0.15) is 26.7 Å². The molecule has 1 saturated carbocycles. The van der Waals surface area contributed by atoms with Crippen LogP contribution in [0.5, 0.6) is 6.01 Å². The highest BCUT2D eigenvalue weighted by molar-refractivity contribution is 7.99. The fourth-order valence-corrected chi connectivity index (χ4v) is 3.07. The lowest BCUT2D eigenvalue weighted by atomic mass is 9.95. The van der Waals surface area contributed by atoms with Gasteiger partial charge in [0.25, 0.3) is 0 Å². The summed E-state index contributed by atoms with van der Waals surface area (Å²) in [5.74, 6) is 0.705. The molecule has 0 radical (unpaired) electrons. The summed E-state index contributed by atoms with van der Waals surface area (Å²) in [5, 5.41) is 4.14. The lowest BCUT2D eigenvalue weighted by Crippen LogP contribution is -2.28. The highest BCUT2D eigenvalue weighted by Gasteiger charge is 2.21. The summed E-state index contributed by atoms with van der Waals surface area (Å²) in [6, 6.07) is 0.694. The van der Waals surface area contributed by atoms with Gasteiger partial charge in [-0.25, -0.2) is 0 Å². The summed E-state index contributed by atoms with van der Waals surface area (Å²) in [6.45, 7) is 3.85. The molecule has 0 saturated heterocycles. The van der Waals surface area contributed by atoms with E-state index in [0.717, 1.165) is 18.1 Å². The molecule has 1 aromatic heterocycles. The zero-order valence-electron chi connectivity index (χ0n) is 12.3. The van der Waals surface area contributed by atoms with Crippen LogP contribution in [0.2, 0.25) is 0 Å². The molecule has 0 bridgehead atoms. The first-order valence-electron chi connectivity index (χ1n) is 7.04. The van der Waals surface area contributed by atoms with Gasteiger partial charge >= 0.3 is 6.01 Å². The molecule has 0 atom stereocenters. The normalized spacial score (nSPS) is 22.8. The number of aromatic nitrogens is 3. The number of rotatable bonds is 5. The maximum atomic E-state index is 5.70. The van der Waals surface area contributed by atoms with E-state index in [4.69, 9.17) is 10.5 Å². The second kappa shape index (κ2) is 6.97. The summed E-state index contributed by atoms with van der Waals surface area (Å²) in [7, 11) is 0. The molecule has 1 aliphatic carbocycles. The Balaban J connectivity index is 1.97. The lowest BCUT2D eigenvalue weighted by molar-refractivity contribution is 0.222. The first kappa shape index (κ1) is 15.2. The topological polar surface area (TPSA) is 86.0 Å². The number of ether oxygens (including phenoxy) is 1. The van der Waals surface area contributed by atoms with E-state index in [1.165, 1.54) is 12.8 Å². The molecule has 1 fully saturated rings. The van der Waals surface area contributed by atoms with Crippen molar-refractivity contribution in [3.05, 3.63) is 0 Å². The zero-order chi connectivity index (χ0) is 14.5. The highest BCUT2D eigenvalue weighted by atomic mass is 32.2. The summed E-state index contributed by atoms with van der Waals surface area (Å²) in [6.07, 6.45) is 6.93. The van der Waals surface area contributed by atoms with Crippen molar-refractivity contribution in [2.45, 2.75) is 56.9 Å². The molecule has 7 heteroatoms. The van der Waals surface area contributed by atoms with Crippen molar-refractivity contribution in [3.63, 3.8) is 0 Å². The van der Waals surface area contributed by atoms with Crippen LogP contribution >= 0.6 is 11.8 Å². The number of thioether (sulfide) groups is 1. The van der Waals surface area contributed by atoms with Crippen LogP contribution in [-0.4, -0.2) is 38.6 Å². The first-order chi connectivity index (χ1) is 9.56. The first-order valence-corrected chi connectivity index (χ1v) is 8.33. The number of nitrogens with two attached hydrogens (primary N) is 1. The van der Waals surface area contributed by atoms with Crippen molar-refractivity contribution in [1.82, 2.24) is 15.0 Å². The molecule has 20 heavy (non-hydrogen) atoms. The van der Waals surface area contributed by atoms with Crippen LogP contribution in [0.3, 0.4) is 0 Å². The Morgan fingerprint density at radius 2 is 1.90 bits per heavy atom. The summed E-state index contributed by atoms with van der Waals surface area (Å²) < 4.78 is 5.47. The largest absolute Gasteiger partial charge is 0.461 e. The van der Waals surface area contributed by atoms with E-state index in [1.54, 1.807) is 0 Å². The van der Waals surface area contributed by atoms with E-state index >= 15 is 0 Å². The molecule has 2 rings (SSSR count). The van der Waals surface area contributed by atoms with E-state index in [1.807, 2.05) is 25.6 Å². The fraction of sp³-hybridized carbons (Fsp3) is 0.769. The molecule has 0 aliphatic heterocycles. The molecule has 0 unspecified atom stereocenters. The van der Waals surface area contributed by atoms with E-state index in [0.29, 0.717) is 12.0 Å². The van der Waals surface area contributed by atoms with Gasteiger partial charge in [0.1, 0.15) is 0 Å². The van der Waals surface area contributed by atoms with Gasteiger partial charge in [-0.1, -0.05) is 0 Å². The third-order valence-electron chi connectivity index (χ3n) is 3.31. The van der Waals surface area contributed by atoms with Gasteiger partial charge < -0.3 is 15.8 Å². The van der Waals surface area contributed by atoms with Gasteiger partial charge in [0.2, 0.25) is 11.9 Å². The third-order valence-corrected chi connectivity index (χ3v) is 4.45. The standard InChI is InChI=1S/C13H23N5OS/c1-8(2)19-13-17-11(14)16-12(18-13)15-9-4-6-10(20-3)7-5-9/h8-10H,4-7H2,1-3H3,(H3,14,15,16,17,18). The van der Waals surface area contributed by atoms with Crippen LogP contribution in [0, 0.1) is 0 Å². The van der Waals surface area contributed by atoms with Crippen LogP contribution in [-0.2, 0) is 0 Å². The zero-order valence-corrected chi connectivity index (χ0v) is 13.1. The molecule has 0 aromatic carbocycles. The van der Waals surface area contributed by atoms with Crippen molar-refractivity contribution in [2.75, 3.05) is 17.3 Å². The van der Waals surface area contributed by atoms with Crippen molar-refractivity contribution in [1.29, 1.82) is 0 Å². The fourth-order valence-electron chi connectivity index (χ4n) is 2.33. The third kappa shape index (κ3) is 4.40.